The van der Waals surface area contributed by atoms with Crippen molar-refractivity contribution in [3.05, 3.63) is 29.8 Å². The van der Waals surface area contributed by atoms with Gasteiger partial charge in [-0.1, -0.05) is 18.2 Å². The van der Waals surface area contributed by atoms with Gasteiger partial charge in [0.2, 0.25) is 0 Å². The number of benzene rings is 1. The average molecular weight is 251 g/mol. The van der Waals surface area contributed by atoms with Crippen LogP contribution >= 0.6 is 11.8 Å². The number of thioether (sulfide) groups is 1. The van der Waals surface area contributed by atoms with Gasteiger partial charge in [-0.3, -0.25) is 9.69 Å². The number of likely N-dealkylation sites (tertiary alicyclic amines) is 1. The maximum Gasteiger partial charge on any atom is 0.320 e. The summed E-state index contributed by atoms with van der Waals surface area (Å²) in [5, 5.41) is 9.14. The number of carboxylic acids is 1. The lowest BCUT2D eigenvalue weighted by Gasteiger charge is -2.22. The van der Waals surface area contributed by atoms with Crippen LogP contribution in [0.4, 0.5) is 0 Å². The smallest absolute Gasteiger partial charge is 0.320 e. The van der Waals surface area contributed by atoms with Gasteiger partial charge < -0.3 is 5.11 Å². The highest BCUT2D eigenvalue weighted by atomic mass is 32.2. The molecule has 0 bridgehead atoms. The highest BCUT2D eigenvalue weighted by Gasteiger charge is 2.30. The molecule has 0 aliphatic carbocycles. The summed E-state index contributed by atoms with van der Waals surface area (Å²) in [6.45, 7) is 1.63. The topological polar surface area (TPSA) is 40.5 Å². The highest BCUT2D eigenvalue weighted by Crippen LogP contribution is 2.25. The van der Waals surface area contributed by atoms with Gasteiger partial charge >= 0.3 is 5.97 Å². The molecule has 3 nitrogen and oxygen atoms in total. The molecule has 0 aromatic heterocycles. The Morgan fingerprint density at radius 3 is 3.00 bits per heavy atom. The molecular weight excluding hydrogens is 234 g/mol. The van der Waals surface area contributed by atoms with Crippen molar-refractivity contribution in [1.29, 1.82) is 0 Å². The molecule has 0 saturated carbocycles. The molecule has 0 unspecified atom stereocenters. The summed E-state index contributed by atoms with van der Waals surface area (Å²) < 4.78 is 0. The summed E-state index contributed by atoms with van der Waals surface area (Å²) in [6, 6.07) is 7.91. The van der Waals surface area contributed by atoms with Gasteiger partial charge in [0.1, 0.15) is 6.04 Å². The first kappa shape index (κ1) is 12.5. The minimum Gasteiger partial charge on any atom is -0.480 e. The maximum atomic E-state index is 11.1. The van der Waals surface area contributed by atoms with E-state index in [-0.39, 0.29) is 6.04 Å². The molecule has 1 saturated heterocycles. The number of carboxylic acid groups (broad SMARTS) is 1. The minimum absolute atomic E-state index is 0.301. The van der Waals surface area contributed by atoms with E-state index in [1.807, 2.05) is 12.1 Å². The van der Waals surface area contributed by atoms with Crippen molar-refractivity contribution in [2.24, 2.45) is 0 Å². The van der Waals surface area contributed by atoms with Crippen molar-refractivity contribution in [3.63, 3.8) is 0 Å². The number of hydrogen-bond acceptors (Lipinski definition) is 3. The van der Waals surface area contributed by atoms with Gasteiger partial charge in [0.25, 0.3) is 0 Å². The van der Waals surface area contributed by atoms with E-state index >= 15 is 0 Å². The van der Waals surface area contributed by atoms with Gasteiger partial charge in [-0.15, -0.1) is 11.8 Å². The van der Waals surface area contributed by atoms with E-state index in [1.165, 1.54) is 10.5 Å². The number of hydrogen-bond donors (Lipinski definition) is 1. The molecule has 1 fully saturated rings. The molecule has 0 spiro atoms. The van der Waals surface area contributed by atoms with E-state index in [0.29, 0.717) is 0 Å². The van der Waals surface area contributed by atoms with Crippen LogP contribution in [0.2, 0.25) is 0 Å². The summed E-state index contributed by atoms with van der Waals surface area (Å²) in [5.74, 6) is -0.691. The zero-order valence-corrected chi connectivity index (χ0v) is 10.7. The summed E-state index contributed by atoms with van der Waals surface area (Å²) in [5.41, 5.74) is 1.23. The van der Waals surface area contributed by atoms with Crippen LogP contribution in [-0.4, -0.2) is 34.8 Å². The molecular formula is C13H17NO2S. The zero-order valence-electron chi connectivity index (χ0n) is 9.93. The monoisotopic (exact) mass is 251 g/mol. The molecule has 1 aliphatic rings. The van der Waals surface area contributed by atoms with Crippen LogP contribution in [0.3, 0.4) is 0 Å². The Balaban J connectivity index is 2.12. The third-order valence-electron chi connectivity index (χ3n) is 3.21. The van der Waals surface area contributed by atoms with Gasteiger partial charge in [0.05, 0.1) is 0 Å². The fourth-order valence-electron chi connectivity index (χ4n) is 2.35. The normalized spacial score (nSPS) is 20.6. The van der Waals surface area contributed by atoms with Crippen molar-refractivity contribution in [1.82, 2.24) is 4.90 Å². The second-order valence-electron chi connectivity index (χ2n) is 4.28. The van der Waals surface area contributed by atoms with Crippen molar-refractivity contribution < 1.29 is 9.90 Å². The zero-order chi connectivity index (χ0) is 12.3. The third-order valence-corrected chi connectivity index (χ3v) is 4.05. The first-order valence-electron chi connectivity index (χ1n) is 5.81. The summed E-state index contributed by atoms with van der Waals surface area (Å²) in [4.78, 5) is 14.4. The fourth-order valence-corrected chi connectivity index (χ4v) is 2.96. The van der Waals surface area contributed by atoms with Crippen molar-refractivity contribution in [2.45, 2.75) is 30.3 Å². The molecule has 1 atom stereocenters. The molecule has 4 heteroatoms. The average Bonchev–Trinajstić information content (AvgIpc) is 2.78. The molecule has 1 N–H and O–H groups in total. The van der Waals surface area contributed by atoms with Gasteiger partial charge in [-0.25, -0.2) is 0 Å². The minimum atomic E-state index is -0.691. The van der Waals surface area contributed by atoms with Crippen LogP contribution in [0.25, 0.3) is 0 Å². The van der Waals surface area contributed by atoms with Gasteiger partial charge in [0.15, 0.2) is 0 Å². The second kappa shape index (κ2) is 5.56. The van der Waals surface area contributed by atoms with E-state index in [0.717, 1.165) is 25.9 Å². The van der Waals surface area contributed by atoms with Crippen LogP contribution in [0, 0.1) is 0 Å². The van der Waals surface area contributed by atoms with Gasteiger partial charge in [-0.05, 0) is 37.3 Å². The maximum absolute atomic E-state index is 11.1. The number of nitrogens with zero attached hydrogens (tertiary/aromatic N) is 1. The predicted molar refractivity (Wildman–Crippen MR) is 69.3 cm³/mol. The van der Waals surface area contributed by atoms with Crippen molar-refractivity contribution in [3.8, 4) is 0 Å². The Kier molecular flexibility index (Phi) is 4.07. The lowest BCUT2D eigenvalue weighted by atomic mass is 10.2. The Bertz CT molecular complexity index is 408. The van der Waals surface area contributed by atoms with E-state index in [9.17, 15) is 4.79 Å². The van der Waals surface area contributed by atoms with Gasteiger partial charge in [-0.2, -0.15) is 0 Å². The summed E-state index contributed by atoms with van der Waals surface area (Å²) in [6.07, 6.45) is 3.81. The van der Waals surface area contributed by atoms with Crippen LogP contribution in [-0.2, 0) is 11.3 Å². The Labute approximate surface area is 106 Å². The first-order valence-corrected chi connectivity index (χ1v) is 7.03. The number of carbonyl (C=O) groups is 1. The van der Waals surface area contributed by atoms with Gasteiger partial charge in [0, 0.05) is 11.4 Å². The van der Waals surface area contributed by atoms with Crippen molar-refractivity contribution in [2.75, 3.05) is 12.8 Å². The standard InChI is InChI=1S/C13H17NO2S/c1-17-12-7-3-2-5-10(12)9-14-8-4-6-11(14)13(15)16/h2-3,5,7,11H,4,6,8-9H2,1H3,(H,15,16)/t11-/m1/s1. The Hall–Kier alpha value is -1.00. The molecule has 17 heavy (non-hydrogen) atoms. The SMILES string of the molecule is CSc1ccccc1CN1CCC[C@@H]1C(=O)O. The molecule has 92 valence electrons. The van der Waals surface area contributed by atoms with E-state index in [1.54, 1.807) is 11.8 Å². The number of aliphatic carboxylic acids is 1. The lowest BCUT2D eigenvalue weighted by Crippen LogP contribution is -2.35. The number of rotatable bonds is 4. The Morgan fingerprint density at radius 2 is 2.29 bits per heavy atom. The quantitative estimate of drug-likeness (QED) is 0.835. The molecule has 1 aromatic carbocycles. The highest BCUT2D eigenvalue weighted by molar-refractivity contribution is 7.98. The van der Waals surface area contributed by atoms with E-state index in [2.05, 4.69) is 23.3 Å². The van der Waals surface area contributed by atoms with Crippen LogP contribution in [0.15, 0.2) is 29.2 Å². The molecule has 1 heterocycles. The van der Waals surface area contributed by atoms with E-state index in [4.69, 9.17) is 5.11 Å². The van der Waals surface area contributed by atoms with Crippen molar-refractivity contribution >= 4 is 17.7 Å². The molecule has 1 aliphatic heterocycles. The Morgan fingerprint density at radius 1 is 1.53 bits per heavy atom. The lowest BCUT2D eigenvalue weighted by molar-refractivity contribution is -0.142. The first-order chi connectivity index (χ1) is 8.22. The largest absolute Gasteiger partial charge is 0.480 e. The van der Waals surface area contributed by atoms with E-state index < -0.39 is 5.97 Å². The van der Waals surface area contributed by atoms with Crippen LogP contribution in [0.5, 0.6) is 0 Å². The summed E-state index contributed by atoms with van der Waals surface area (Å²) in [7, 11) is 0. The van der Waals surface area contributed by atoms with Crippen LogP contribution < -0.4 is 0 Å². The predicted octanol–water partition coefficient (Wildman–Crippen LogP) is 2.46. The molecule has 2 rings (SSSR count). The fraction of sp³-hybridized carbons (Fsp3) is 0.462. The summed E-state index contributed by atoms with van der Waals surface area (Å²) >= 11 is 1.71. The van der Waals surface area contributed by atoms with Crippen LogP contribution in [0.1, 0.15) is 18.4 Å². The molecule has 0 amide bonds. The second-order valence-corrected chi connectivity index (χ2v) is 5.13. The molecule has 0 radical (unpaired) electrons. The molecule has 1 aromatic rings. The third kappa shape index (κ3) is 2.82.